The molecule has 1 unspecified atom stereocenters. The second kappa shape index (κ2) is 8.07. The van der Waals surface area contributed by atoms with Crippen molar-refractivity contribution in [3.05, 3.63) is 65.7 Å². The van der Waals surface area contributed by atoms with Crippen LogP contribution in [0.3, 0.4) is 0 Å². The lowest BCUT2D eigenvalue weighted by atomic mass is 10.1. The van der Waals surface area contributed by atoms with Crippen molar-refractivity contribution in [1.82, 2.24) is 4.90 Å². The van der Waals surface area contributed by atoms with E-state index in [0.717, 1.165) is 36.7 Å². The Balaban J connectivity index is 1.54. The van der Waals surface area contributed by atoms with Crippen molar-refractivity contribution in [2.75, 3.05) is 18.4 Å². The van der Waals surface area contributed by atoms with Gasteiger partial charge in [-0.2, -0.15) is 0 Å². The van der Waals surface area contributed by atoms with Gasteiger partial charge in [-0.05, 0) is 43.2 Å². The summed E-state index contributed by atoms with van der Waals surface area (Å²) < 4.78 is 32.6. The van der Waals surface area contributed by atoms with Crippen molar-refractivity contribution in [2.45, 2.75) is 25.6 Å². The first-order valence-electron chi connectivity index (χ1n) is 8.28. The molecule has 2 amide bonds. The number of nitrogens with one attached hydrogen (secondary N) is 1. The number of nitrogens with zero attached hydrogens (tertiary/aromatic N) is 1. The number of ether oxygens (including phenoxy) is 1. The molecule has 0 aliphatic carbocycles. The minimum absolute atomic E-state index is 0.0115. The molecule has 1 saturated heterocycles. The van der Waals surface area contributed by atoms with E-state index in [4.69, 9.17) is 4.74 Å². The number of anilines is 1. The normalized spacial score (nSPS) is 17.4. The van der Waals surface area contributed by atoms with Crippen LogP contribution in [0.4, 0.5) is 19.3 Å². The van der Waals surface area contributed by atoms with Crippen LogP contribution in [-0.4, -0.2) is 30.1 Å². The summed E-state index contributed by atoms with van der Waals surface area (Å²) in [5.74, 6) is -0.983. The Labute approximate surface area is 145 Å². The molecule has 1 fully saturated rings. The number of para-hydroxylation sites is 1. The van der Waals surface area contributed by atoms with Crippen molar-refractivity contribution in [1.29, 1.82) is 0 Å². The SMILES string of the molecule is O=C(Nc1ccccc1)N1CCCC(OCc2cc(F)ccc2F)C1. The second-order valence-electron chi connectivity index (χ2n) is 6.05. The Morgan fingerprint density at radius 3 is 2.80 bits per heavy atom. The summed E-state index contributed by atoms with van der Waals surface area (Å²) >= 11 is 0. The molecule has 1 aliphatic rings. The average Bonchev–Trinajstić information content (AvgIpc) is 2.63. The molecule has 1 atom stereocenters. The van der Waals surface area contributed by atoms with Crippen molar-refractivity contribution < 1.29 is 18.3 Å². The summed E-state index contributed by atoms with van der Waals surface area (Å²) in [5, 5.41) is 2.84. The van der Waals surface area contributed by atoms with Gasteiger partial charge in [0.1, 0.15) is 11.6 Å². The summed E-state index contributed by atoms with van der Waals surface area (Å²) in [6, 6.07) is 12.4. The summed E-state index contributed by atoms with van der Waals surface area (Å²) in [7, 11) is 0. The smallest absolute Gasteiger partial charge is 0.321 e. The number of piperidine rings is 1. The van der Waals surface area contributed by atoms with Crippen molar-refractivity contribution in [2.24, 2.45) is 0 Å². The number of carbonyl (C=O) groups is 1. The molecule has 6 heteroatoms. The van der Waals surface area contributed by atoms with Crippen LogP contribution in [-0.2, 0) is 11.3 Å². The lowest BCUT2D eigenvalue weighted by molar-refractivity contribution is -0.000137. The molecule has 132 valence electrons. The zero-order valence-electron chi connectivity index (χ0n) is 13.8. The Kier molecular flexibility index (Phi) is 5.60. The third-order valence-corrected chi connectivity index (χ3v) is 4.17. The second-order valence-corrected chi connectivity index (χ2v) is 6.05. The largest absolute Gasteiger partial charge is 0.372 e. The molecule has 0 bridgehead atoms. The third-order valence-electron chi connectivity index (χ3n) is 4.17. The van der Waals surface area contributed by atoms with Gasteiger partial charge in [0.2, 0.25) is 0 Å². The number of rotatable bonds is 4. The number of benzene rings is 2. The third kappa shape index (κ3) is 4.76. The fraction of sp³-hybridized carbons (Fsp3) is 0.316. The number of hydrogen-bond acceptors (Lipinski definition) is 2. The van der Waals surface area contributed by atoms with Gasteiger partial charge in [-0.1, -0.05) is 18.2 Å². The maximum absolute atomic E-state index is 13.6. The van der Waals surface area contributed by atoms with Gasteiger partial charge in [-0.3, -0.25) is 0 Å². The number of amides is 2. The van der Waals surface area contributed by atoms with E-state index in [0.29, 0.717) is 13.1 Å². The molecule has 2 aromatic carbocycles. The molecule has 2 aromatic rings. The summed E-state index contributed by atoms with van der Waals surface area (Å²) in [6.07, 6.45) is 1.39. The summed E-state index contributed by atoms with van der Waals surface area (Å²) in [5.41, 5.74) is 0.920. The van der Waals surface area contributed by atoms with Gasteiger partial charge in [-0.25, -0.2) is 13.6 Å². The van der Waals surface area contributed by atoms with Crippen molar-refractivity contribution in [3.8, 4) is 0 Å². The van der Waals surface area contributed by atoms with E-state index in [1.165, 1.54) is 0 Å². The van der Waals surface area contributed by atoms with E-state index in [-0.39, 0.29) is 24.3 Å². The number of urea groups is 1. The molecule has 0 saturated carbocycles. The van der Waals surface area contributed by atoms with Gasteiger partial charge < -0.3 is 15.0 Å². The van der Waals surface area contributed by atoms with Crippen LogP contribution >= 0.6 is 0 Å². The Bertz CT molecular complexity index is 725. The van der Waals surface area contributed by atoms with Gasteiger partial charge in [-0.15, -0.1) is 0 Å². The first-order valence-corrected chi connectivity index (χ1v) is 8.28. The lowest BCUT2D eigenvalue weighted by Gasteiger charge is -2.32. The molecular formula is C19H20F2N2O2. The van der Waals surface area contributed by atoms with E-state index >= 15 is 0 Å². The van der Waals surface area contributed by atoms with Gasteiger partial charge in [0, 0.05) is 24.3 Å². The van der Waals surface area contributed by atoms with Crippen LogP contribution in [0, 0.1) is 11.6 Å². The van der Waals surface area contributed by atoms with E-state index < -0.39 is 11.6 Å². The fourth-order valence-corrected chi connectivity index (χ4v) is 2.84. The van der Waals surface area contributed by atoms with Crippen molar-refractivity contribution >= 4 is 11.7 Å². The maximum Gasteiger partial charge on any atom is 0.321 e. The average molecular weight is 346 g/mol. The number of hydrogen-bond donors (Lipinski definition) is 1. The van der Waals surface area contributed by atoms with E-state index in [2.05, 4.69) is 5.32 Å². The molecule has 0 spiro atoms. The van der Waals surface area contributed by atoms with Crippen LogP contribution in [0.1, 0.15) is 18.4 Å². The Morgan fingerprint density at radius 1 is 1.20 bits per heavy atom. The summed E-state index contributed by atoms with van der Waals surface area (Å²) in [4.78, 5) is 14.0. The molecular weight excluding hydrogens is 326 g/mol. The molecule has 0 radical (unpaired) electrons. The van der Waals surface area contributed by atoms with E-state index in [9.17, 15) is 13.6 Å². The molecule has 1 aliphatic heterocycles. The number of likely N-dealkylation sites (tertiary alicyclic amines) is 1. The van der Waals surface area contributed by atoms with Gasteiger partial charge in [0.25, 0.3) is 0 Å². The lowest BCUT2D eigenvalue weighted by Crippen LogP contribution is -2.45. The molecule has 1 N–H and O–H groups in total. The van der Waals surface area contributed by atoms with Crippen LogP contribution in [0.2, 0.25) is 0 Å². The fourth-order valence-electron chi connectivity index (χ4n) is 2.84. The van der Waals surface area contributed by atoms with E-state index in [1.54, 1.807) is 4.90 Å². The Hall–Kier alpha value is -2.47. The minimum Gasteiger partial charge on any atom is -0.372 e. The first kappa shape index (κ1) is 17.4. The van der Waals surface area contributed by atoms with Gasteiger partial charge >= 0.3 is 6.03 Å². The van der Waals surface area contributed by atoms with Crippen LogP contribution in [0.25, 0.3) is 0 Å². The highest BCUT2D eigenvalue weighted by molar-refractivity contribution is 5.89. The molecule has 3 rings (SSSR count). The van der Waals surface area contributed by atoms with Crippen molar-refractivity contribution in [3.63, 3.8) is 0 Å². The standard InChI is InChI=1S/C19H20F2N2O2/c20-15-8-9-18(21)14(11-15)13-25-17-7-4-10-23(12-17)19(24)22-16-5-2-1-3-6-16/h1-3,5-6,8-9,11,17H,4,7,10,12-13H2,(H,22,24). The minimum atomic E-state index is -0.493. The predicted octanol–water partition coefficient (Wildman–Crippen LogP) is 4.18. The quantitative estimate of drug-likeness (QED) is 0.902. The predicted molar refractivity (Wildman–Crippen MR) is 91.2 cm³/mol. The first-order chi connectivity index (χ1) is 12.1. The summed E-state index contributed by atoms with van der Waals surface area (Å²) in [6.45, 7) is 1.06. The highest BCUT2D eigenvalue weighted by Crippen LogP contribution is 2.18. The van der Waals surface area contributed by atoms with Crippen LogP contribution in [0.5, 0.6) is 0 Å². The number of carbonyl (C=O) groups excluding carboxylic acids is 1. The highest BCUT2D eigenvalue weighted by atomic mass is 19.1. The zero-order valence-corrected chi connectivity index (χ0v) is 13.8. The van der Waals surface area contributed by atoms with Gasteiger partial charge in [0.15, 0.2) is 0 Å². The van der Waals surface area contributed by atoms with Crippen LogP contribution < -0.4 is 5.32 Å². The molecule has 1 heterocycles. The van der Waals surface area contributed by atoms with E-state index in [1.807, 2.05) is 30.3 Å². The topological polar surface area (TPSA) is 41.6 Å². The van der Waals surface area contributed by atoms with Crippen LogP contribution in [0.15, 0.2) is 48.5 Å². The Morgan fingerprint density at radius 2 is 2.00 bits per heavy atom. The molecule has 0 aromatic heterocycles. The molecule has 25 heavy (non-hydrogen) atoms. The number of halogens is 2. The monoisotopic (exact) mass is 346 g/mol. The zero-order chi connectivity index (χ0) is 17.6. The van der Waals surface area contributed by atoms with Gasteiger partial charge in [0.05, 0.1) is 12.7 Å². The molecule has 4 nitrogen and oxygen atoms in total. The maximum atomic E-state index is 13.6. The highest BCUT2D eigenvalue weighted by Gasteiger charge is 2.24.